The predicted octanol–water partition coefficient (Wildman–Crippen LogP) is 0.0210. The van der Waals surface area contributed by atoms with E-state index in [1.165, 1.54) is 18.3 Å². The first-order valence-corrected chi connectivity index (χ1v) is 14.3. The van der Waals surface area contributed by atoms with Crippen molar-refractivity contribution in [1.29, 1.82) is 0 Å². The monoisotopic (exact) mass is 609 g/mol. The smallest absolute Gasteiger partial charge is 0.432 e. The van der Waals surface area contributed by atoms with Crippen molar-refractivity contribution < 1.29 is 61.6 Å². The van der Waals surface area contributed by atoms with Gasteiger partial charge < -0.3 is 44.4 Å². The van der Waals surface area contributed by atoms with Crippen molar-refractivity contribution >= 4 is 32.0 Å². The zero-order chi connectivity index (χ0) is 29.9. The number of nitrogens with zero attached hydrogens (tertiary/aromatic N) is 4. The SMILES string of the molecule is CC(C)OC(=O)OCOP(=O)(OCOC1OC1OC(C)C)OC[C@H]1O[C@@H](C2CN=C3C(N)=NC=NN32)[C@](C)(O)[C@@H]1O. The van der Waals surface area contributed by atoms with Gasteiger partial charge in [-0.1, -0.05) is 0 Å². The van der Waals surface area contributed by atoms with Crippen LogP contribution in [-0.2, 0) is 46.6 Å². The first-order chi connectivity index (χ1) is 19.3. The van der Waals surface area contributed by atoms with Crippen LogP contribution in [0.5, 0.6) is 0 Å². The molecule has 0 radical (unpaired) electrons. The maximum absolute atomic E-state index is 13.3. The Hall–Kier alpha value is -2.25. The first kappa shape index (κ1) is 31.7. The lowest BCUT2D eigenvalue weighted by molar-refractivity contribution is -0.0850. The fourth-order valence-electron chi connectivity index (χ4n) is 4.18. The number of phosphoric ester groups is 1. The maximum Gasteiger partial charge on any atom is 0.510 e. The van der Waals surface area contributed by atoms with E-state index in [-0.39, 0.29) is 18.5 Å². The molecule has 0 amide bonds. The molecule has 2 fully saturated rings. The molecule has 4 aliphatic rings. The number of nitrogens with two attached hydrogens (primary N) is 1. The molecular weight excluding hydrogens is 573 g/mol. The normalized spacial score (nSPS) is 33.9. The lowest BCUT2D eigenvalue weighted by Crippen LogP contribution is -2.55. The highest BCUT2D eigenvalue weighted by Gasteiger charge is 2.58. The van der Waals surface area contributed by atoms with Crippen molar-refractivity contribution in [1.82, 2.24) is 5.01 Å². The third kappa shape index (κ3) is 7.78. The summed E-state index contributed by atoms with van der Waals surface area (Å²) in [6.45, 7) is 6.37. The summed E-state index contributed by atoms with van der Waals surface area (Å²) in [4.78, 5) is 19.9. The van der Waals surface area contributed by atoms with Gasteiger partial charge >= 0.3 is 14.0 Å². The van der Waals surface area contributed by atoms with E-state index in [4.69, 9.17) is 47.7 Å². The number of hydrogen-bond acceptors (Lipinski definition) is 18. The van der Waals surface area contributed by atoms with Gasteiger partial charge in [0.1, 0.15) is 36.3 Å². The van der Waals surface area contributed by atoms with Crippen LogP contribution < -0.4 is 5.73 Å². The number of carbonyl (C=O) groups is 1. The molecule has 4 N–H and O–H groups in total. The number of rotatable bonds is 14. The van der Waals surface area contributed by atoms with E-state index < -0.39 is 82.8 Å². The Bertz CT molecular complexity index is 1090. The molecule has 0 bridgehead atoms. The Kier molecular flexibility index (Phi) is 10.0. The van der Waals surface area contributed by atoms with Crippen LogP contribution >= 0.6 is 7.82 Å². The van der Waals surface area contributed by atoms with Crippen LogP contribution in [0, 0.1) is 0 Å². The van der Waals surface area contributed by atoms with Crippen LogP contribution in [0.3, 0.4) is 0 Å². The van der Waals surface area contributed by atoms with E-state index in [2.05, 4.69) is 15.1 Å². The van der Waals surface area contributed by atoms with Gasteiger partial charge in [0, 0.05) is 0 Å². The number of epoxide rings is 1. The summed E-state index contributed by atoms with van der Waals surface area (Å²) in [5.74, 6) is 0.463. The van der Waals surface area contributed by atoms with Gasteiger partial charge in [-0.3, -0.25) is 14.0 Å². The number of aliphatic imine (C=N–C) groups is 2. The molecule has 0 spiro atoms. The molecule has 41 heavy (non-hydrogen) atoms. The van der Waals surface area contributed by atoms with E-state index in [1.807, 2.05) is 13.8 Å². The zero-order valence-corrected chi connectivity index (χ0v) is 24.1. The number of aliphatic hydroxyl groups excluding tert-OH is 1. The lowest BCUT2D eigenvalue weighted by atomic mass is 9.89. The highest BCUT2D eigenvalue weighted by atomic mass is 31.2. The van der Waals surface area contributed by atoms with Gasteiger partial charge in [0.05, 0.1) is 25.4 Å². The maximum atomic E-state index is 13.3. The number of phosphoric acid groups is 1. The average molecular weight is 610 g/mol. The van der Waals surface area contributed by atoms with Crippen molar-refractivity contribution in [3.05, 3.63) is 0 Å². The second-order valence-corrected chi connectivity index (χ2v) is 11.8. The van der Waals surface area contributed by atoms with E-state index in [0.717, 1.165) is 0 Å². The Morgan fingerprint density at radius 1 is 1.20 bits per heavy atom. The molecule has 0 aliphatic carbocycles. The summed E-state index contributed by atoms with van der Waals surface area (Å²) < 4.78 is 60.4. The Morgan fingerprint density at radius 3 is 2.63 bits per heavy atom. The van der Waals surface area contributed by atoms with Crippen LogP contribution in [0.1, 0.15) is 34.6 Å². The summed E-state index contributed by atoms with van der Waals surface area (Å²) in [6.07, 6.45) is -5.46. The molecule has 19 heteroatoms. The van der Waals surface area contributed by atoms with Crippen LogP contribution in [0.2, 0.25) is 0 Å². The molecular formula is C22H36N5O13P. The summed E-state index contributed by atoms with van der Waals surface area (Å²) in [5.41, 5.74) is 4.07. The second-order valence-electron chi connectivity index (χ2n) is 10.1. The van der Waals surface area contributed by atoms with Crippen LogP contribution in [0.15, 0.2) is 15.1 Å². The number of hydrogen-bond donors (Lipinski definition) is 3. The van der Waals surface area contributed by atoms with Crippen LogP contribution in [-0.4, -0.2) is 121 Å². The predicted molar refractivity (Wildman–Crippen MR) is 137 cm³/mol. The van der Waals surface area contributed by atoms with Gasteiger partial charge in [0.2, 0.25) is 19.4 Å². The summed E-state index contributed by atoms with van der Waals surface area (Å²) in [5, 5.41) is 27.6. The molecule has 4 unspecified atom stereocenters. The van der Waals surface area contributed by atoms with E-state index in [9.17, 15) is 19.6 Å². The molecule has 18 nitrogen and oxygen atoms in total. The van der Waals surface area contributed by atoms with E-state index in [1.54, 1.807) is 13.8 Å². The average Bonchev–Trinajstić information content (AvgIpc) is 3.37. The molecule has 232 valence electrons. The molecule has 0 saturated carbocycles. The molecule has 2 saturated heterocycles. The standard InChI is InChI=1S/C22H36N5O13P/c1-11(2)37-20-19(40-20)32-9-35-41(31,36-10-33-21(29)38-12(3)4)34-7-14-15(28)22(5,30)16(39-14)13-6-24-18-17(23)25-8-26-27(13)18/h8,11-16,19-20,28,30H,6-7,9-10H2,1-5H3,(H2,23,25,26)/t13?,14-,15-,16+,19?,20?,22-,41?/m1/s1. The Morgan fingerprint density at radius 2 is 1.93 bits per heavy atom. The number of hydrazone groups is 1. The minimum Gasteiger partial charge on any atom is -0.432 e. The first-order valence-electron chi connectivity index (χ1n) is 12.9. The van der Waals surface area contributed by atoms with Gasteiger partial charge in [-0.05, 0) is 34.6 Å². The molecule has 0 aromatic heterocycles. The number of aliphatic hydroxyl groups is 2. The topological polar surface area (TPSA) is 227 Å². The van der Waals surface area contributed by atoms with Crippen LogP contribution in [0.4, 0.5) is 4.79 Å². The van der Waals surface area contributed by atoms with Crippen molar-refractivity contribution in [2.45, 2.75) is 89.4 Å². The molecule has 0 aromatic rings. The van der Waals surface area contributed by atoms with Gasteiger partial charge in [-0.15, -0.1) is 0 Å². The fourth-order valence-corrected chi connectivity index (χ4v) is 5.10. The van der Waals surface area contributed by atoms with Gasteiger partial charge in [-0.2, -0.15) is 5.10 Å². The van der Waals surface area contributed by atoms with Crippen molar-refractivity contribution in [2.75, 3.05) is 26.7 Å². The molecule has 0 aromatic carbocycles. The quantitative estimate of drug-likeness (QED) is 0.102. The Balaban J connectivity index is 1.35. The van der Waals surface area contributed by atoms with E-state index >= 15 is 0 Å². The minimum absolute atomic E-state index is 0.108. The van der Waals surface area contributed by atoms with Gasteiger partial charge in [0.15, 0.2) is 18.5 Å². The van der Waals surface area contributed by atoms with Crippen LogP contribution in [0.25, 0.3) is 0 Å². The Labute approximate surface area is 235 Å². The number of carbonyl (C=O) groups excluding carboxylic acids is 1. The highest BCUT2D eigenvalue weighted by Crippen LogP contribution is 2.50. The number of amidine groups is 2. The molecule has 4 aliphatic heterocycles. The number of ether oxygens (including phenoxy) is 6. The minimum atomic E-state index is -4.50. The van der Waals surface area contributed by atoms with E-state index in [0.29, 0.717) is 5.84 Å². The molecule has 4 heterocycles. The van der Waals surface area contributed by atoms with Crippen molar-refractivity contribution in [3.63, 3.8) is 0 Å². The molecule has 4 rings (SSSR count). The van der Waals surface area contributed by atoms with Crippen molar-refractivity contribution in [3.8, 4) is 0 Å². The van der Waals surface area contributed by atoms with Gasteiger partial charge in [-0.25, -0.2) is 23.9 Å². The van der Waals surface area contributed by atoms with Gasteiger partial charge in [0.25, 0.3) is 0 Å². The summed E-state index contributed by atoms with van der Waals surface area (Å²) in [7, 11) is -4.50. The van der Waals surface area contributed by atoms with Crippen molar-refractivity contribution in [2.24, 2.45) is 20.8 Å². The number of fused-ring (bicyclic) bond motifs is 1. The zero-order valence-electron chi connectivity index (χ0n) is 23.2. The lowest BCUT2D eigenvalue weighted by Gasteiger charge is -2.34. The summed E-state index contributed by atoms with van der Waals surface area (Å²) in [6, 6.07) is -0.627. The third-order valence-electron chi connectivity index (χ3n) is 6.14. The largest absolute Gasteiger partial charge is 0.510 e. The summed E-state index contributed by atoms with van der Waals surface area (Å²) >= 11 is 0. The highest BCUT2D eigenvalue weighted by molar-refractivity contribution is 7.48. The second kappa shape index (κ2) is 12.9. The fraction of sp³-hybridized carbons (Fsp3) is 0.818. The molecule has 8 atom stereocenters. The third-order valence-corrected chi connectivity index (χ3v) is 7.45.